The molecule has 0 aromatic heterocycles. The van der Waals surface area contributed by atoms with E-state index in [9.17, 15) is 4.79 Å². The zero-order valence-corrected chi connectivity index (χ0v) is 14.7. The molecule has 2 heterocycles. The molecule has 0 bridgehead atoms. The summed E-state index contributed by atoms with van der Waals surface area (Å²) in [6.45, 7) is 5.38. The molecule has 132 valence electrons. The molecule has 1 atom stereocenters. The van der Waals surface area contributed by atoms with Gasteiger partial charge < -0.3 is 25.2 Å². The topological polar surface area (TPSA) is 62.0 Å². The third-order valence-electron chi connectivity index (χ3n) is 5.17. The Labute approximate surface area is 144 Å². The number of benzene rings is 1. The molecule has 24 heavy (non-hydrogen) atoms. The standard InChI is InChI=1S/C18H28N4O2/c1-20-8-10-21(11-9-20)18(23)14-4-3-7-22(13-14)15-5-6-16(19)17(12-15)24-2/h5-6,12,14H,3-4,7-11,13,19H2,1-2H3/t14-/m0/s1. The van der Waals surface area contributed by atoms with Gasteiger partial charge in [-0.15, -0.1) is 0 Å². The molecule has 2 aliphatic rings. The van der Waals surface area contributed by atoms with Crippen LogP contribution in [0.2, 0.25) is 0 Å². The van der Waals surface area contributed by atoms with E-state index in [2.05, 4.69) is 16.8 Å². The minimum atomic E-state index is 0.0886. The Bertz CT molecular complexity index is 584. The fourth-order valence-electron chi connectivity index (χ4n) is 3.59. The molecule has 2 aliphatic heterocycles. The number of rotatable bonds is 3. The minimum Gasteiger partial charge on any atom is -0.495 e. The van der Waals surface area contributed by atoms with E-state index in [-0.39, 0.29) is 5.92 Å². The number of piperazine rings is 1. The number of nitrogen functional groups attached to an aromatic ring is 1. The highest BCUT2D eigenvalue weighted by Crippen LogP contribution is 2.30. The van der Waals surface area contributed by atoms with Gasteiger partial charge in [0.15, 0.2) is 0 Å². The first kappa shape index (κ1) is 16.9. The summed E-state index contributed by atoms with van der Waals surface area (Å²) in [7, 11) is 3.74. The largest absolute Gasteiger partial charge is 0.495 e. The van der Waals surface area contributed by atoms with Crippen molar-refractivity contribution >= 4 is 17.3 Å². The third kappa shape index (κ3) is 3.59. The SMILES string of the molecule is COc1cc(N2CCC[C@H](C(=O)N3CCN(C)CC3)C2)ccc1N. The van der Waals surface area contributed by atoms with Crippen LogP contribution in [0.1, 0.15) is 12.8 Å². The number of nitrogens with zero attached hydrogens (tertiary/aromatic N) is 3. The lowest BCUT2D eigenvalue weighted by atomic mass is 9.95. The molecule has 0 spiro atoms. The van der Waals surface area contributed by atoms with E-state index in [1.807, 2.05) is 23.1 Å². The molecule has 1 amide bonds. The predicted octanol–water partition coefficient (Wildman–Crippen LogP) is 1.27. The molecule has 0 unspecified atom stereocenters. The highest BCUT2D eigenvalue weighted by molar-refractivity contribution is 5.80. The average molecular weight is 332 g/mol. The number of amides is 1. The van der Waals surface area contributed by atoms with Crippen LogP contribution in [-0.2, 0) is 4.79 Å². The maximum absolute atomic E-state index is 12.8. The number of carbonyl (C=O) groups excluding carboxylic acids is 1. The van der Waals surface area contributed by atoms with Gasteiger partial charge in [-0.1, -0.05) is 0 Å². The summed E-state index contributed by atoms with van der Waals surface area (Å²) in [5.74, 6) is 1.10. The summed E-state index contributed by atoms with van der Waals surface area (Å²) in [5, 5.41) is 0. The lowest BCUT2D eigenvalue weighted by Crippen LogP contribution is -2.51. The van der Waals surface area contributed by atoms with Crippen LogP contribution >= 0.6 is 0 Å². The van der Waals surface area contributed by atoms with Gasteiger partial charge in [0, 0.05) is 51.0 Å². The Morgan fingerprint density at radius 2 is 1.96 bits per heavy atom. The van der Waals surface area contributed by atoms with Crippen molar-refractivity contribution in [2.75, 3.05) is 64.1 Å². The van der Waals surface area contributed by atoms with Gasteiger partial charge >= 0.3 is 0 Å². The van der Waals surface area contributed by atoms with E-state index < -0.39 is 0 Å². The van der Waals surface area contributed by atoms with Crippen molar-refractivity contribution in [1.29, 1.82) is 0 Å². The molecular weight excluding hydrogens is 304 g/mol. The molecule has 1 aromatic carbocycles. The second-order valence-electron chi connectivity index (χ2n) is 6.84. The van der Waals surface area contributed by atoms with E-state index in [1.165, 1.54) is 0 Å². The molecule has 1 aromatic rings. The number of piperidine rings is 1. The van der Waals surface area contributed by atoms with Gasteiger partial charge in [0.25, 0.3) is 0 Å². The molecule has 6 nitrogen and oxygen atoms in total. The summed E-state index contributed by atoms with van der Waals surface area (Å²) >= 11 is 0. The summed E-state index contributed by atoms with van der Waals surface area (Å²) in [5.41, 5.74) is 7.63. The first-order valence-electron chi connectivity index (χ1n) is 8.74. The average Bonchev–Trinajstić information content (AvgIpc) is 2.62. The second kappa shape index (κ2) is 7.30. The van der Waals surface area contributed by atoms with Crippen LogP contribution in [0.3, 0.4) is 0 Å². The second-order valence-corrected chi connectivity index (χ2v) is 6.84. The zero-order chi connectivity index (χ0) is 17.1. The number of likely N-dealkylation sites (N-methyl/N-ethyl adjacent to an activating group) is 1. The predicted molar refractivity (Wildman–Crippen MR) is 96.4 cm³/mol. The van der Waals surface area contributed by atoms with Crippen molar-refractivity contribution < 1.29 is 9.53 Å². The summed E-state index contributed by atoms with van der Waals surface area (Å²) in [4.78, 5) is 19.4. The smallest absolute Gasteiger partial charge is 0.227 e. The number of anilines is 2. The fraction of sp³-hybridized carbons (Fsp3) is 0.611. The van der Waals surface area contributed by atoms with Gasteiger partial charge in [0.05, 0.1) is 18.7 Å². The third-order valence-corrected chi connectivity index (χ3v) is 5.17. The van der Waals surface area contributed by atoms with Gasteiger partial charge in [0.2, 0.25) is 5.91 Å². The van der Waals surface area contributed by atoms with Crippen molar-refractivity contribution in [3.8, 4) is 5.75 Å². The Morgan fingerprint density at radius 1 is 1.21 bits per heavy atom. The van der Waals surface area contributed by atoms with Gasteiger partial charge in [-0.2, -0.15) is 0 Å². The summed E-state index contributed by atoms with van der Waals surface area (Å²) < 4.78 is 5.32. The molecule has 3 rings (SSSR count). The van der Waals surface area contributed by atoms with Crippen molar-refractivity contribution in [3.05, 3.63) is 18.2 Å². The summed E-state index contributed by atoms with van der Waals surface area (Å²) in [6, 6.07) is 5.86. The van der Waals surface area contributed by atoms with Crippen LogP contribution in [0.25, 0.3) is 0 Å². The van der Waals surface area contributed by atoms with Crippen molar-refractivity contribution in [2.45, 2.75) is 12.8 Å². The van der Waals surface area contributed by atoms with E-state index in [1.54, 1.807) is 7.11 Å². The Hall–Kier alpha value is -1.95. The first-order chi connectivity index (χ1) is 11.6. The van der Waals surface area contributed by atoms with Crippen LogP contribution in [0.4, 0.5) is 11.4 Å². The lowest BCUT2D eigenvalue weighted by Gasteiger charge is -2.39. The number of hydrogen-bond donors (Lipinski definition) is 1. The number of ether oxygens (including phenoxy) is 1. The van der Waals surface area contributed by atoms with Gasteiger partial charge in [0.1, 0.15) is 5.75 Å². The molecular formula is C18H28N4O2. The van der Waals surface area contributed by atoms with Crippen LogP contribution in [-0.4, -0.2) is 69.1 Å². The van der Waals surface area contributed by atoms with E-state index >= 15 is 0 Å². The van der Waals surface area contributed by atoms with Crippen molar-refractivity contribution in [1.82, 2.24) is 9.80 Å². The minimum absolute atomic E-state index is 0.0886. The number of hydrogen-bond acceptors (Lipinski definition) is 5. The Kier molecular flexibility index (Phi) is 5.14. The van der Waals surface area contributed by atoms with Crippen molar-refractivity contribution in [2.24, 2.45) is 5.92 Å². The normalized spacial score (nSPS) is 22.5. The highest BCUT2D eigenvalue weighted by atomic mass is 16.5. The quantitative estimate of drug-likeness (QED) is 0.845. The molecule has 0 saturated carbocycles. The number of carbonyl (C=O) groups is 1. The molecule has 2 N–H and O–H groups in total. The fourth-order valence-corrected chi connectivity index (χ4v) is 3.59. The van der Waals surface area contributed by atoms with Gasteiger partial charge in [-0.3, -0.25) is 4.79 Å². The van der Waals surface area contributed by atoms with E-state index in [0.29, 0.717) is 17.3 Å². The number of methoxy groups -OCH3 is 1. The summed E-state index contributed by atoms with van der Waals surface area (Å²) in [6.07, 6.45) is 2.02. The Balaban J connectivity index is 1.67. The zero-order valence-electron chi connectivity index (χ0n) is 14.7. The van der Waals surface area contributed by atoms with Crippen LogP contribution in [0.5, 0.6) is 5.75 Å². The van der Waals surface area contributed by atoms with Crippen LogP contribution in [0.15, 0.2) is 18.2 Å². The maximum atomic E-state index is 12.8. The monoisotopic (exact) mass is 332 g/mol. The lowest BCUT2D eigenvalue weighted by molar-refractivity contribution is -0.137. The van der Waals surface area contributed by atoms with Gasteiger partial charge in [-0.25, -0.2) is 0 Å². The van der Waals surface area contributed by atoms with E-state index in [4.69, 9.17) is 10.5 Å². The van der Waals surface area contributed by atoms with Crippen LogP contribution in [0, 0.1) is 5.92 Å². The maximum Gasteiger partial charge on any atom is 0.227 e. The van der Waals surface area contributed by atoms with Gasteiger partial charge in [-0.05, 0) is 32.0 Å². The molecule has 0 radical (unpaired) electrons. The van der Waals surface area contributed by atoms with E-state index in [0.717, 1.165) is 57.8 Å². The molecule has 0 aliphatic carbocycles. The van der Waals surface area contributed by atoms with Crippen LogP contribution < -0.4 is 15.4 Å². The molecule has 6 heteroatoms. The first-order valence-corrected chi connectivity index (χ1v) is 8.74. The number of nitrogens with two attached hydrogens (primary N) is 1. The Morgan fingerprint density at radius 3 is 2.67 bits per heavy atom. The highest BCUT2D eigenvalue weighted by Gasteiger charge is 2.30. The van der Waals surface area contributed by atoms with Crippen molar-refractivity contribution in [3.63, 3.8) is 0 Å². The molecule has 2 fully saturated rings. The molecule has 2 saturated heterocycles.